The maximum Gasteiger partial charge on any atom is 0.277 e. The summed E-state index contributed by atoms with van der Waals surface area (Å²) in [6.07, 6.45) is 29.5. The monoisotopic (exact) mass is 801 g/mol. The molecule has 3 heterocycles. The lowest BCUT2D eigenvalue weighted by Gasteiger charge is -2.21. The van der Waals surface area contributed by atoms with Crippen LogP contribution in [0.15, 0.2) is 45.1 Å². The van der Waals surface area contributed by atoms with Crippen molar-refractivity contribution in [3.8, 4) is 107 Å². The van der Waals surface area contributed by atoms with Crippen molar-refractivity contribution in [3.63, 3.8) is 0 Å². The van der Waals surface area contributed by atoms with E-state index in [2.05, 4.69) is 185 Å². The van der Waals surface area contributed by atoms with Gasteiger partial charge in [0.15, 0.2) is 5.69 Å². The number of allylic oxidation sites excluding steroid dienone is 5. The lowest BCUT2D eigenvalue weighted by Crippen LogP contribution is -2.38. The molecule has 0 bridgehead atoms. The highest BCUT2D eigenvalue weighted by molar-refractivity contribution is 8.06. The van der Waals surface area contributed by atoms with Gasteiger partial charge in [-0.15, -0.1) is 6.42 Å². The summed E-state index contributed by atoms with van der Waals surface area (Å²) in [6.45, 7) is 13.1. The summed E-state index contributed by atoms with van der Waals surface area (Å²) in [5, 5.41) is 10.3. The van der Waals surface area contributed by atoms with Crippen LogP contribution in [0.5, 0.6) is 0 Å². The van der Waals surface area contributed by atoms with E-state index in [1.54, 1.807) is 11.3 Å². The Morgan fingerprint density at radius 1 is 0.667 bits per heavy atom. The number of thiazole rings is 2. The first-order chi connectivity index (χ1) is 28.0. The molecule has 0 N–H and O–H groups in total. The summed E-state index contributed by atoms with van der Waals surface area (Å²) in [7, 11) is 0. The molecule has 3 rings (SSSR count). The highest BCUT2D eigenvalue weighted by Crippen LogP contribution is 2.35. The van der Waals surface area contributed by atoms with Gasteiger partial charge in [0.25, 0.3) is 10.0 Å². The number of rotatable bonds is 18. The molecule has 3 nitrogen and oxygen atoms in total. The van der Waals surface area contributed by atoms with Gasteiger partial charge in [0, 0.05) is 80.0 Å². The summed E-state index contributed by atoms with van der Waals surface area (Å²) in [5.74, 6) is 41.4. The van der Waals surface area contributed by atoms with Gasteiger partial charge in [-0.3, -0.25) is 0 Å². The predicted octanol–water partition coefficient (Wildman–Crippen LogP) is 10.0. The summed E-state index contributed by atoms with van der Waals surface area (Å²) < 4.78 is 4.48. The summed E-state index contributed by atoms with van der Waals surface area (Å²) in [5.41, 5.74) is 4.87. The van der Waals surface area contributed by atoms with E-state index in [4.69, 9.17) is 6.42 Å². The van der Waals surface area contributed by atoms with Gasteiger partial charge in [-0.05, 0) is 90.8 Å². The second kappa shape index (κ2) is 28.8. The topological polar surface area (TPSA) is 11.0 Å². The van der Waals surface area contributed by atoms with Crippen LogP contribution in [0, 0.1) is 121 Å². The Morgan fingerprint density at radius 2 is 1.21 bits per heavy atom. The zero-order valence-electron chi connectivity index (χ0n) is 34.1. The molecule has 0 aliphatic carbocycles. The van der Waals surface area contributed by atoms with Gasteiger partial charge >= 0.3 is 0 Å². The first-order valence-electron chi connectivity index (χ1n) is 19.7. The van der Waals surface area contributed by atoms with E-state index < -0.39 is 0 Å². The first-order valence-corrected chi connectivity index (χ1v) is 22.3. The standard InChI is InChI=1S/C51H51N3S3/c1-7-10-13-16-19-20-21-22-23-24-25-26-27-28-31-33-40-53-46(5)43-56-50(53)38-36-48(51-54(47(6)44-57-51)41-34-30-18-15-12-9-3)35-37-49-52(45(4)42-55-49)39-32-29-17-14-11-8-2/h1,35-38,42-44H,8-9,11-12,14-15,17-18,29-30,32,34,39,41H2,2-6H3/q+2. The molecule has 0 aromatic carbocycles. The number of aryl methyl sites for hydroxylation is 2. The highest BCUT2D eigenvalue weighted by atomic mass is 32.2. The van der Waals surface area contributed by atoms with E-state index in [9.17, 15) is 0 Å². The molecular weight excluding hydrogens is 751 g/mol. The van der Waals surface area contributed by atoms with Crippen molar-refractivity contribution in [2.45, 2.75) is 118 Å². The zero-order chi connectivity index (χ0) is 40.8. The number of aromatic nitrogens is 2. The Bertz CT molecular complexity index is 2360. The summed E-state index contributed by atoms with van der Waals surface area (Å²) >= 11 is 5.31. The van der Waals surface area contributed by atoms with Crippen LogP contribution in [-0.4, -0.2) is 11.4 Å². The fourth-order valence-electron chi connectivity index (χ4n) is 5.62. The van der Waals surface area contributed by atoms with Crippen LogP contribution in [0.4, 0.5) is 0 Å². The molecular formula is C51H51N3S3+2. The molecule has 286 valence electrons. The van der Waals surface area contributed by atoms with Crippen molar-refractivity contribution >= 4 is 46.1 Å². The minimum Gasteiger partial charge on any atom is -0.339 e. The van der Waals surface area contributed by atoms with Crippen molar-refractivity contribution in [3.05, 3.63) is 66.5 Å². The van der Waals surface area contributed by atoms with Gasteiger partial charge in [-0.2, -0.15) is 4.57 Å². The average molecular weight is 802 g/mol. The van der Waals surface area contributed by atoms with Gasteiger partial charge in [0.1, 0.15) is 6.54 Å². The molecule has 0 amide bonds. The third-order valence-electron chi connectivity index (χ3n) is 8.62. The first kappa shape index (κ1) is 45.8. The average Bonchev–Trinajstić information content (AvgIpc) is 3.88. The molecule has 1 aliphatic heterocycles. The van der Waals surface area contributed by atoms with Crippen LogP contribution in [0.2, 0.25) is 0 Å². The normalized spacial score (nSPS) is 11.9. The molecule has 0 atom stereocenters. The number of unbranched alkanes of at least 4 members (excludes halogenated alkanes) is 10. The van der Waals surface area contributed by atoms with E-state index >= 15 is 0 Å². The molecule has 2 aromatic heterocycles. The fourth-order valence-corrected chi connectivity index (χ4v) is 8.43. The van der Waals surface area contributed by atoms with Crippen molar-refractivity contribution < 1.29 is 9.13 Å². The molecule has 6 heteroatoms. The largest absolute Gasteiger partial charge is 0.339 e. The van der Waals surface area contributed by atoms with E-state index in [1.807, 2.05) is 27.7 Å². The molecule has 1 aliphatic rings. The van der Waals surface area contributed by atoms with Crippen LogP contribution < -0.4 is 9.13 Å². The van der Waals surface area contributed by atoms with Crippen molar-refractivity contribution in [1.29, 1.82) is 0 Å². The zero-order valence-corrected chi connectivity index (χ0v) is 36.5. The maximum absolute atomic E-state index is 5.02. The number of thioether (sulfide) groups is 1. The lowest BCUT2D eigenvalue weighted by atomic mass is 10.1. The maximum atomic E-state index is 5.02. The van der Waals surface area contributed by atoms with Gasteiger partial charge < -0.3 is 4.90 Å². The smallest absolute Gasteiger partial charge is 0.277 e. The Labute approximate surface area is 356 Å². The summed E-state index contributed by atoms with van der Waals surface area (Å²) in [6, 6.07) is 3.19. The second-order valence-electron chi connectivity index (χ2n) is 13.0. The number of hydrogen-bond donors (Lipinski definition) is 0. The van der Waals surface area contributed by atoms with Crippen LogP contribution in [0.1, 0.15) is 119 Å². The minimum atomic E-state index is 1.03. The predicted molar refractivity (Wildman–Crippen MR) is 245 cm³/mol. The van der Waals surface area contributed by atoms with Crippen molar-refractivity contribution in [2.24, 2.45) is 0 Å². The van der Waals surface area contributed by atoms with Gasteiger partial charge in [-0.1, -0.05) is 111 Å². The van der Waals surface area contributed by atoms with Gasteiger partial charge in [0.05, 0.1) is 27.3 Å². The summed E-state index contributed by atoms with van der Waals surface area (Å²) in [4.78, 5) is 2.49. The molecule has 0 spiro atoms. The Morgan fingerprint density at radius 3 is 1.82 bits per heavy atom. The number of hydrogen-bond acceptors (Lipinski definition) is 4. The third kappa shape index (κ3) is 17.8. The molecule has 2 aromatic rings. The second-order valence-corrected chi connectivity index (χ2v) is 15.7. The van der Waals surface area contributed by atoms with Crippen LogP contribution in [-0.2, 0) is 6.54 Å². The molecule has 0 saturated heterocycles. The molecule has 0 saturated carbocycles. The fraction of sp³-hybridized carbons (Fsp3) is 0.373. The minimum absolute atomic E-state index is 1.03. The number of nitrogens with zero attached hydrogens (tertiary/aromatic N) is 3. The molecule has 0 unspecified atom stereocenters. The third-order valence-corrected chi connectivity index (χ3v) is 11.8. The van der Waals surface area contributed by atoms with Crippen molar-refractivity contribution in [1.82, 2.24) is 4.90 Å². The SMILES string of the molecule is C#CC#CC#CC#CC#CC#CC#CC#CC#C[n+]1c(C)csc1/C=C/C(=C/C=C1\SC=C(C)N1CCCCCCCC)c1scc(C)[n+]1CCCCCCCC. The quantitative estimate of drug-likeness (QED) is 0.0644. The van der Waals surface area contributed by atoms with E-state index in [-0.39, 0.29) is 0 Å². The highest BCUT2D eigenvalue weighted by Gasteiger charge is 2.22. The van der Waals surface area contributed by atoms with Gasteiger partial charge in [0.2, 0.25) is 11.7 Å². The van der Waals surface area contributed by atoms with E-state index in [1.165, 1.54) is 104 Å². The molecule has 0 radical (unpaired) electrons. The van der Waals surface area contributed by atoms with Crippen molar-refractivity contribution in [2.75, 3.05) is 6.54 Å². The molecule has 0 fully saturated rings. The van der Waals surface area contributed by atoms with E-state index in [0.29, 0.717) is 0 Å². The lowest BCUT2D eigenvalue weighted by molar-refractivity contribution is -0.700. The van der Waals surface area contributed by atoms with Crippen LogP contribution in [0.25, 0.3) is 11.6 Å². The Hall–Kier alpha value is -5.59. The Kier molecular flexibility index (Phi) is 23.1. The number of terminal acetylenes is 1. The van der Waals surface area contributed by atoms with Crippen LogP contribution >= 0.6 is 34.4 Å². The van der Waals surface area contributed by atoms with Crippen LogP contribution in [0.3, 0.4) is 0 Å². The molecule has 57 heavy (non-hydrogen) atoms. The Balaban J connectivity index is 1.83. The van der Waals surface area contributed by atoms with E-state index in [0.717, 1.165) is 23.8 Å². The van der Waals surface area contributed by atoms with Gasteiger partial charge in [-0.25, -0.2) is 0 Å².